The van der Waals surface area contributed by atoms with E-state index in [9.17, 15) is 0 Å². The highest BCUT2D eigenvalue weighted by Crippen LogP contribution is 2.15. The highest BCUT2D eigenvalue weighted by atomic mass is 16.0. The maximum Gasteiger partial charge on any atom is 0.0950 e. The van der Waals surface area contributed by atoms with Gasteiger partial charge in [-0.15, -0.1) is 0 Å². The average Bonchev–Trinajstić information content (AvgIpc) is 2.06. The van der Waals surface area contributed by atoms with Gasteiger partial charge in [0.05, 0.1) is 17.4 Å². The zero-order chi connectivity index (χ0) is 7.68. The summed E-state index contributed by atoms with van der Waals surface area (Å²) in [5.74, 6) is 0. The molecule has 2 rings (SSSR count). The number of nitrogens with two attached hydrogens (primary N) is 1. The lowest BCUT2D eigenvalue weighted by molar-refractivity contribution is 0.824. The molecule has 0 bridgehead atoms. The normalized spacial score (nSPS) is 9.33. The maximum absolute atomic E-state index is 5.65. The first-order chi connectivity index (χ1) is 5.38. The first kappa shape index (κ1) is 8.42. The van der Waals surface area contributed by atoms with Crippen LogP contribution in [-0.2, 0) is 0 Å². The van der Waals surface area contributed by atoms with Gasteiger partial charge in [-0.1, -0.05) is 18.2 Å². The Morgan fingerprint density at radius 2 is 1.92 bits per heavy atom. The molecule has 0 aliphatic heterocycles. The topological polar surface area (TPSA) is 83.3 Å². The largest absolute Gasteiger partial charge is 0.412 e. The molecular formula is C8H9N3O. The molecule has 0 saturated heterocycles. The second-order valence-corrected chi connectivity index (χ2v) is 2.32. The lowest BCUT2D eigenvalue weighted by Crippen LogP contribution is -1.90. The van der Waals surface area contributed by atoms with E-state index in [1.165, 1.54) is 0 Å². The average molecular weight is 163 g/mol. The fourth-order valence-corrected chi connectivity index (χ4v) is 1.03. The van der Waals surface area contributed by atoms with E-state index in [0.717, 1.165) is 10.9 Å². The van der Waals surface area contributed by atoms with E-state index in [1.54, 1.807) is 6.20 Å². The SMILES string of the molecule is Nc1cnnc2ccccc12.O. The van der Waals surface area contributed by atoms with Gasteiger partial charge in [0.25, 0.3) is 0 Å². The molecular weight excluding hydrogens is 154 g/mol. The van der Waals surface area contributed by atoms with Crippen molar-refractivity contribution in [2.24, 2.45) is 0 Å². The van der Waals surface area contributed by atoms with E-state index in [1.807, 2.05) is 24.3 Å². The Labute approximate surface area is 69.3 Å². The van der Waals surface area contributed by atoms with Crippen LogP contribution in [0.3, 0.4) is 0 Å². The molecule has 4 N–H and O–H groups in total. The van der Waals surface area contributed by atoms with Crippen molar-refractivity contribution in [2.75, 3.05) is 5.73 Å². The number of aromatic nitrogens is 2. The zero-order valence-electron chi connectivity index (χ0n) is 6.36. The molecule has 12 heavy (non-hydrogen) atoms. The lowest BCUT2D eigenvalue weighted by Gasteiger charge is -1.96. The van der Waals surface area contributed by atoms with Crippen molar-refractivity contribution in [3.8, 4) is 0 Å². The molecule has 0 amide bonds. The summed E-state index contributed by atoms with van der Waals surface area (Å²) in [5, 5.41) is 8.61. The van der Waals surface area contributed by atoms with Gasteiger partial charge in [0.1, 0.15) is 0 Å². The monoisotopic (exact) mass is 163 g/mol. The van der Waals surface area contributed by atoms with E-state index in [4.69, 9.17) is 5.73 Å². The first-order valence-electron chi connectivity index (χ1n) is 3.34. The van der Waals surface area contributed by atoms with E-state index in [-0.39, 0.29) is 5.48 Å². The standard InChI is InChI=1S/C8H7N3.H2O/c9-7-5-10-11-8-4-2-1-3-6(7)8;/h1-5H,(H2,9,11);1H2. The molecule has 4 nitrogen and oxygen atoms in total. The second-order valence-electron chi connectivity index (χ2n) is 2.32. The quantitative estimate of drug-likeness (QED) is 0.609. The van der Waals surface area contributed by atoms with Gasteiger partial charge in [-0.3, -0.25) is 0 Å². The summed E-state index contributed by atoms with van der Waals surface area (Å²) in [6.07, 6.45) is 1.56. The first-order valence-corrected chi connectivity index (χ1v) is 3.34. The van der Waals surface area contributed by atoms with Crippen molar-refractivity contribution in [1.29, 1.82) is 0 Å². The Kier molecular flexibility index (Phi) is 2.21. The Morgan fingerprint density at radius 1 is 1.17 bits per heavy atom. The van der Waals surface area contributed by atoms with Gasteiger partial charge in [0.15, 0.2) is 0 Å². The highest BCUT2D eigenvalue weighted by molar-refractivity contribution is 5.88. The molecule has 0 aliphatic rings. The molecule has 1 aromatic heterocycles. The smallest absolute Gasteiger partial charge is 0.0950 e. The summed E-state index contributed by atoms with van der Waals surface area (Å²) in [5.41, 5.74) is 7.17. The fraction of sp³-hybridized carbons (Fsp3) is 0. The van der Waals surface area contributed by atoms with Gasteiger partial charge in [0, 0.05) is 5.39 Å². The molecule has 62 valence electrons. The highest BCUT2D eigenvalue weighted by Gasteiger charge is 1.95. The molecule has 0 aliphatic carbocycles. The van der Waals surface area contributed by atoms with Crippen molar-refractivity contribution < 1.29 is 5.48 Å². The Bertz CT molecular complexity index is 383. The lowest BCUT2D eigenvalue weighted by atomic mass is 10.2. The van der Waals surface area contributed by atoms with Gasteiger partial charge < -0.3 is 11.2 Å². The van der Waals surface area contributed by atoms with Crippen LogP contribution in [0, 0.1) is 0 Å². The summed E-state index contributed by atoms with van der Waals surface area (Å²) in [7, 11) is 0. The Hall–Kier alpha value is -1.68. The van der Waals surface area contributed by atoms with Crippen molar-refractivity contribution in [2.45, 2.75) is 0 Å². The molecule has 1 heterocycles. The minimum Gasteiger partial charge on any atom is -0.412 e. The molecule has 2 aromatic rings. The van der Waals surface area contributed by atoms with E-state index in [0.29, 0.717) is 5.69 Å². The Morgan fingerprint density at radius 3 is 2.67 bits per heavy atom. The third-order valence-corrected chi connectivity index (χ3v) is 1.58. The van der Waals surface area contributed by atoms with Crippen LogP contribution >= 0.6 is 0 Å². The summed E-state index contributed by atoms with van der Waals surface area (Å²) < 4.78 is 0. The fourth-order valence-electron chi connectivity index (χ4n) is 1.03. The van der Waals surface area contributed by atoms with Gasteiger partial charge >= 0.3 is 0 Å². The van der Waals surface area contributed by atoms with Crippen LogP contribution < -0.4 is 5.73 Å². The summed E-state index contributed by atoms with van der Waals surface area (Å²) in [4.78, 5) is 0. The number of hydrogen-bond acceptors (Lipinski definition) is 3. The van der Waals surface area contributed by atoms with Gasteiger partial charge in [-0.05, 0) is 6.07 Å². The van der Waals surface area contributed by atoms with E-state index >= 15 is 0 Å². The van der Waals surface area contributed by atoms with Gasteiger partial charge in [0.2, 0.25) is 0 Å². The number of fused-ring (bicyclic) bond motifs is 1. The van der Waals surface area contributed by atoms with Gasteiger partial charge in [-0.2, -0.15) is 10.2 Å². The Balaban J connectivity index is 0.000000720. The molecule has 0 saturated carbocycles. The molecule has 0 spiro atoms. The number of rotatable bonds is 0. The maximum atomic E-state index is 5.65. The van der Waals surface area contributed by atoms with Crippen LogP contribution in [-0.4, -0.2) is 15.7 Å². The zero-order valence-corrected chi connectivity index (χ0v) is 6.36. The third kappa shape index (κ3) is 1.19. The molecule has 1 aromatic carbocycles. The van der Waals surface area contributed by atoms with Crippen LogP contribution in [0.2, 0.25) is 0 Å². The third-order valence-electron chi connectivity index (χ3n) is 1.58. The van der Waals surface area contributed by atoms with Crippen LogP contribution in [0.25, 0.3) is 10.9 Å². The number of benzene rings is 1. The molecule has 0 unspecified atom stereocenters. The van der Waals surface area contributed by atoms with Crippen LogP contribution in [0.1, 0.15) is 0 Å². The minimum absolute atomic E-state index is 0. The van der Waals surface area contributed by atoms with Crippen LogP contribution in [0.15, 0.2) is 30.5 Å². The molecule has 0 radical (unpaired) electrons. The summed E-state index contributed by atoms with van der Waals surface area (Å²) in [6.45, 7) is 0. The number of nitrogen functional groups attached to an aromatic ring is 1. The predicted octanol–water partition coefficient (Wildman–Crippen LogP) is 0.387. The molecule has 0 atom stereocenters. The van der Waals surface area contributed by atoms with E-state index < -0.39 is 0 Å². The summed E-state index contributed by atoms with van der Waals surface area (Å²) in [6, 6.07) is 7.66. The number of nitrogens with zero attached hydrogens (tertiary/aromatic N) is 2. The molecule has 4 heteroatoms. The van der Waals surface area contributed by atoms with Gasteiger partial charge in [-0.25, -0.2) is 0 Å². The molecule has 0 fully saturated rings. The van der Waals surface area contributed by atoms with Crippen molar-refractivity contribution >= 4 is 16.6 Å². The number of anilines is 1. The summed E-state index contributed by atoms with van der Waals surface area (Å²) >= 11 is 0. The van der Waals surface area contributed by atoms with Crippen LogP contribution in [0.5, 0.6) is 0 Å². The van der Waals surface area contributed by atoms with Crippen molar-refractivity contribution in [3.63, 3.8) is 0 Å². The van der Waals surface area contributed by atoms with E-state index in [2.05, 4.69) is 10.2 Å². The minimum atomic E-state index is 0. The van der Waals surface area contributed by atoms with Crippen molar-refractivity contribution in [1.82, 2.24) is 10.2 Å². The predicted molar refractivity (Wildman–Crippen MR) is 47.6 cm³/mol. The number of hydrogen-bond donors (Lipinski definition) is 1. The van der Waals surface area contributed by atoms with Crippen LogP contribution in [0.4, 0.5) is 5.69 Å². The van der Waals surface area contributed by atoms with Crippen molar-refractivity contribution in [3.05, 3.63) is 30.5 Å². The second kappa shape index (κ2) is 3.15.